The number of carbonyl (C=O) groups is 2. The predicted molar refractivity (Wildman–Crippen MR) is 109 cm³/mol. The molecule has 2 aromatic carbocycles. The van der Waals surface area contributed by atoms with E-state index in [0.717, 1.165) is 19.3 Å². The number of hydrogen-bond acceptors (Lipinski definition) is 5. The number of esters is 1. The Bertz CT molecular complexity index is 989. The highest BCUT2D eigenvalue weighted by atomic mass is 32.2. The van der Waals surface area contributed by atoms with E-state index in [1.807, 2.05) is 18.2 Å². The van der Waals surface area contributed by atoms with Gasteiger partial charge in [-0.2, -0.15) is 0 Å². The Hall–Kier alpha value is -2.71. The second-order valence-electron chi connectivity index (χ2n) is 6.92. The second kappa shape index (κ2) is 9.19. The Morgan fingerprint density at radius 1 is 1.07 bits per heavy atom. The smallest absolute Gasteiger partial charge is 0.307 e. The average Bonchev–Trinajstić information content (AvgIpc) is 3.16. The van der Waals surface area contributed by atoms with Crippen molar-refractivity contribution < 1.29 is 22.7 Å². The van der Waals surface area contributed by atoms with E-state index in [4.69, 9.17) is 4.74 Å². The molecule has 0 radical (unpaired) electrons. The highest BCUT2D eigenvalue weighted by molar-refractivity contribution is 7.89. The zero-order valence-electron chi connectivity index (χ0n) is 16.2. The molecular weight excluding hydrogens is 392 g/mol. The van der Waals surface area contributed by atoms with Gasteiger partial charge in [0.25, 0.3) is 5.91 Å². The number of aryl methyl sites for hydroxylation is 2. The molecule has 1 aliphatic carbocycles. The van der Waals surface area contributed by atoms with Gasteiger partial charge in [0.15, 0.2) is 6.10 Å². The molecule has 0 bridgehead atoms. The van der Waals surface area contributed by atoms with Gasteiger partial charge < -0.3 is 10.1 Å². The van der Waals surface area contributed by atoms with Gasteiger partial charge in [0, 0.05) is 12.2 Å². The van der Waals surface area contributed by atoms with Crippen LogP contribution in [0, 0.1) is 0 Å². The fourth-order valence-electron chi connectivity index (χ4n) is 3.17. The highest BCUT2D eigenvalue weighted by Crippen LogP contribution is 2.25. The third-order valence-corrected chi connectivity index (χ3v) is 6.20. The minimum Gasteiger partial charge on any atom is -0.452 e. The van der Waals surface area contributed by atoms with Gasteiger partial charge in [-0.05, 0) is 61.6 Å². The summed E-state index contributed by atoms with van der Waals surface area (Å²) < 4.78 is 31.7. The summed E-state index contributed by atoms with van der Waals surface area (Å²) in [6, 6.07) is 13.7. The SMILES string of the molecule is C[C@@H](OC(=O)CCNS(=O)(=O)c1ccccc1)C(=O)Nc1ccc2c(c1)CCC2. The maximum Gasteiger partial charge on any atom is 0.307 e. The van der Waals surface area contributed by atoms with Crippen molar-refractivity contribution in [1.82, 2.24) is 4.72 Å². The monoisotopic (exact) mass is 416 g/mol. The molecule has 1 amide bonds. The molecule has 0 spiro atoms. The number of anilines is 1. The molecule has 0 saturated carbocycles. The molecular formula is C21H24N2O5S. The minimum absolute atomic E-state index is 0.116. The van der Waals surface area contributed by atoms with Crippen LogP contribution in [0.4, 0.5) is 5.69 Å². The first-order valence-corrected chi connectivity index (χ1v) is 11.0. The standard InChI is InChI=1S/C21H24N2O5S/c1-15(21(25)23-18-11-10-16-6-5-7-17(16)14-18)28-20(24)12-13-22-29(26,27)19-8-3-2-4-9-19/h2-4,8-11,14-15,22H,5-7,12-13H2,1H3,(H,23,25)/t15-/m1/s1. The van der Waals surface area contributed by atoms with Crippen molar-refractivity contribution in [3.05, 3.63) is 59.7 Å². The first-order valence-electron chi connectivity index (χ1n) is 9.52. The molecule has 154 valence electrons. The Kier molecular flexibility index (Phi) is 6.66. The molecule has 3 rings (SSSR count). The lowest BCUT2D eigenvalue weighted by molar-refractivity contribution is -0.152. The summed E-state index contributed by atoms with van der Waals surface area (Å²) in [6.07, 6.45) is 2.02. The van der Waals surface area contributed by atoms with E-state index in [9.17, 15) is 18.0 Å². The first kappa shape index (κ1) is 21.0. The van der Waals surface area contributed by atoms with E-state index in [2.05, 4.69) is 10.0 Å². The number of nitrogens with one attached hydrogen (secondary N) is 2. The van der Waals surface area contributed by atoms with Crippen LogP contribution in [0.3, 0.4) is 0 Å². The third kappa shape index (κ3) is 5.65. The van der Waals surface area contributed by atoms with Crippen LogP contribution in [0.15, 0.2) is 53.4 Å². The molecule has 0 aliphatic heterocycles. The van der Waals surface area contributed by atoms with Gasteiger partial charge in [0.05, 0.1) is 11.3 Å². The largest absolute Gasteiger partial charge is 0.452 e. The van der Waals surface area contributed by atoms with Gasteiger partial charge in [-0.1, -0.05) is 24.3 Å². The van der Waals surface area contributed by atoms with Crippen molar-refractivity contribution in [2.75, 3.05) is 11.9 Å². The average molecular weight is 416 g/mol. The zero-order chi connectivity index (χ0) is 20.9. The van der Waals surface area contributed by atoms with Gasteiger partial charge in [0.1, 0.15) is 0 Å². The van der Waals surface area contributed by atoms with Crippen LogP contribution in [0.1, 0.15) is 30.9 Å². The molecule has 29 heavy (non-hydrogen) atoms. The lowest BCUT2D eigenvalue weighted by atomic mass is 10.1. The molecule has 8 heteroatoms. The molecule has 2 aromatic rings. The number of carbonyl (C=O) groups excluding carboxylic acids is 2. The summed E-state index contributed by atoms with van der Waals surface area (Å²) >= 11 is 0. The van der Waals surface area contributed by atoms with E-state index in [1.54, 1.807) is 18.2 Å². The Morgan fingerprint density at radius 3 is 2.55 bits per heavy atom. The van der Waals surface area contributed by atoms with Crippen molar-refractivity contribution >= 4 is 27.6 Å². The Labute approximate surface area is 170 Å². The maximum absolute atomic E-state index is 12.3. The summed E-state index contributed by atoms with van der Waals surface area (Å²) in [4.78, 5) is 24.3. The number of benzene rings is 2. The van der Waals surface area contributed by atoms with Crippen molar-refractivity contribution in [1.29, 1.82) is 0 Å². The zero-order valence-corrected chi connectivity index (χ0v) is 17.0. The van der Waals surface area contributed by atoms with Crippen molar-refractivity contribution in [2.45, 2.75) is 43.6 Å². The number of fused-ring (bicyclic) bond motifs is 1. The molecule has 2 N–H and O–H groups in total. The lowest BCUT2D eigenvalue weighted by Gasteiger charge is -2.14. The molecule has 0 aromatic heterocycles. The summed E-state index contributed by atoms with van der Waals surface area (Å²) in [7, 11) is -3.68. The second-order valence-corrected chi connectivity index (χ2v) is 8.69. The highest BCUT2D eigenvalue weighted by Gasteiger charge is 2.20. The quantitative estimate of drug-likeness (QED) is 0.644. The summed E-state index contributed by atoms with van der Waals surface area (Å²) in [5, 5.41) is 2.75. The van der Waals surface area contributed by atoms with E-state index < -0.39 is 28.0 Å². The van der Waals surface area contributed by atoms with Gasteiger partial charge >= 0.3 is 5.97 Å². The van der Waals surface area contributed by atoms with Crippen LogP contribution in [-0.2, 0) is 37.2 Å². The topological polar surface area (TPSA) is 102 Å². The molecule has 0 unspecified atom stereocenters. The van der Waals surface area contributed by atoms with Crippen molar-refractivity contribution in [3.63, 3.8) is 0 Å². The van der Waals surface area contributed by atoms with Gasteiger partial charge in [-0.3, -0.25) is 9.59 Å². The number of rotatable bonds is 8. The summed E-state index contributed by atoms with van der Waals surface area (Å²) in [5.74, 6) is -1.08. The number of amides is 1. The molecule has 0 heterocycles. The summed E-state index contributed by atoms with van der Waals surface area (Å²) in [5.41, 5.74) is 3.22. The fourth-order valence-corrected chi connectivity index (χ4v) is 4.23. The van der Waals surface area contributed by atoms with Gasteiger partial charge in [-0.15, -0.1) is 0 Å². The van der Waals surface area contributed by atoms with Crippen molar-refractivity contribution in [3.8, 4) is 0 Å². The van der Waals surface area contributed by atoms with Crippen LogP contribution in [0.25, 0.3) is 0 Å². The first-order chi connectivity index (χ1) is 13.8. The maximum atomic E-state index is 12.3. The van der Waals surface area contributed by atoms with Crippen LogP contribution in [0.2, 0.25) is 0 Å². The normalized spacial score (nSPS) is 14.1. The number of ether oxygens (including phenoxy) is 1. The number of sulfonamides is 1. The van der Waals surface area contributed by atoms with Crippen LogP contribution >= 0.6 is 0 Å². The third-order valence-electron chi connectivity index (χ3n) is 4.72. The Balaban J connectivity index is 1.44. The van der Waals surface area contributed by atoms with E-state index >= 15 is 0 Å². The van der Waals surface area contributed by atoms with Gasteiger partial charge in [0.2, 0.25) is 10.0 Å². The Morgan fingerprint density at radius 2 is 1.79 bits per heavy atom. The predicted octanol–water partition coefficient (Wildman–Crippen LogP) is 2.41. The van der Waals surface area contributed by atoms with Crippen LogP contribution < -0.4 is 10.0 Å². The summed E-state index contributed by atoms with van der Waals surface area (Å²) in [6.45, 7) is 1.37. The molecule has 0 saturated heterocycles. The number of hydrogen-bond donors (Lipinski definition) is 2. The molecule has 1 aliphatic rings. The van der Waals surface area contributed by atoms with E-state index in [0.29, 0.717) is 5.69 Å². The van der Waals surface area contributed by atoms with Crippen LogP contribution in [-0.4, -0.2) is 32.9 Å². The van der Waals surface area contributed by atoms with E-state index in [1.165, 1.54) is 30.2 Å². The lowest BCUT2D eigenvalue weighted by Crippen LogP contribution is -2.32. The molecule has 1 atom stereocenters. The fraction of sp³-hybridized carbons (Fsp3) is 0.333. The van der Waals surface area contributed by atoms with Crippen molar-refractivity contribution in [2.24, 2.45) is 0 Å². The molecule has 0 fully saturated rings. The molecule has 7 nitrogen and oxygen atoms in total. The van der Waals surface area contributed by atoms with Crippen LogP contribution in [0.5, 0.6) is 0 Å². The van der Waals surface area contributed by atoms with Gasteiger partial charge in [-0.25, -0.2) is 13.1 Å². The van der Waals surface area contributed by atoms with E-state index in [-0.39, 0.29) is 17.9 Å². The minimum atomic E-state index is -3.68.